The molecule has 5 heteroatoms. The maximum atomic E-state index is 10.5. The van der Waals surface area contributed by atoms with E-state index in [0.29, 0.717) is 5.56 Å². The Labute approximate surface area is 58.1 Å². The third-order valence-corrected chi connectivity index (χ3v) is 1.93. The van der Waals surface area contributed by atoms with E-state index in [2.05, 4.69) is 11.9 Å². The average molecular weight is 160 g/mol. The summed E-state index contributed by atoms with van der Waals surface area (Å²) in [5, 5.41) is 0. The number of aromatic nitrogens is 1. The minimum absolute atomic E-state index is 0.0856. The lowest BCUT2D eigenvalue weighted by molar-refractivity contribution is 0.386. The van der Waals surface area contributed by atoms with Gasteiger partial charge in [0.25, 0.3) is 0 Å². The van der Waals surface area contributed by atoms with Crippen molar-refractivity contribution in [1.29, 1.82) is 0 Å². The van der Waals surface area contributed by atoms with Crippen LogP contribution in [0.2, 0.25) is 0 Å². The van der Waals surface area contributed by atoms with E-state index < -0.39 is 7.60 Å². The van der Waals surface area contributed by atoms with Crippen LogP contribution in [0.5, 0.6) is 0 Å². The van der Waals surface area contributed by atoms with E-state index in [4.69, 9.17) is 9.79 Å². The molecule has 0 aliphatic heterocycles. The minimum atomic E-state index is -4.09. The summed E-state index contributed by atoms with van der Waals surface area (Å²) in [5.41, 5.74) is 0.482. The molecule has 4 nitrogen and oxygen atoms in total. The zero-order valence-corrected chi connectivity index (χ0v) is 6.01. The van der Waals surface area contributed by atoms with Crippen LogP contribution in [0.4, 0.5) is 0 Å². The van der Waals surface area contributed by atoms with Crippen LogP contribution in [-0.4, -0.2) is 14.8 Å². The maximum Gasteiger partial charge on any atom is 0.372 e. The third kappa shape index (κ3) is 1.48. The number of hydrogen-bond acceptors (Lipinski definition) is 1. The second-order valence-corrected chi connectivity index (χ2v) is 3.51. The Morgan fingerprint density at radius 3 is 2.40 bits per heavy atom. The normalized spacial score (nSPS) is 11.9. The molecule has 3 N–H and O–H groups in total. The largest absolute Gasteiger partial charge is 0.372 e. The van der Waals surface area contributed by atoms with Gasteiger partial charge >= 0.3 is 7.60 Å². The van der Waals surface area contributed by atoms with Crippen molar-refractivity contribution >= 4 is 13.0 Å². The summed E-state index contributed by atoms with van der Waals surface area (Å²) in [5.74, 6) is 0. The van der Waals surface area contributed by atoms with Crippen LogP contribution >= 0.6 is 7.60 Å². The van der Waals surface area contributed by atoms with Gasteiger partial charge in [0.1, 0.15) is 5.44 Å². The molecule has 0 saturated carbocycles. The molecule has 1 radical (unpaired) electrons. The molecule has 10 heavy (non-hydrogen) atoms. The molecule has 1 rings (SSSR count). The van der Waals surface area contributed by atoms with Crippen molar-refractivity contribution in [2.24, 2.45) is 0 Å². The highest BCUT2D eigenvalue weighted by Gasteiger charge is 2.17. The number of rotatable bonds is 1. The molecule has 0 unspecified atom stereocenters. The monoisotopic (exact) mass is 160 g/mol. The van der Waals surface area contributed by atoms with E-state index in [1.54, 1.807) is 0 Å². The van der Waals surface area contributed by atoms with Gasteiger partial charge in [-0.15, -0.1) is 0 Å². The summed E-state index contributed by atoms with van der Waals surface area (Å²) >= 11 is 0. The summed E-state index contributed by atoms with van der Waals surface area (Å²) in [6.07, 6.45) is 1.44. The molecule has 0 spiro atoms. The van der Waals surface area contributed by atoms with Crippen molar-refractivity contribution in [3.63, 3.8) is 0 Å². The molecular formula is C5H7NO3P. The van der Waals surface area contributed by atoms with Gasteiger partial charge in [0, 0.05) is 6.20 Å². The van der Waals surface area contributed by atoms with Crippen LogP contribution < -0.4 is 5.44 Å². The smallest absolute Gasteiger partial charge is 0.355 e. The molecule has 1 aromatic heterocycles. The van der Waals surface area contributed by atoms with Crippen LogP contribution in [0.25, 0.3) is 0 Å². The molecule has 55 valence electrons. The Morgan fingerprint density at radius 2 is 2.20 bits per heavy atom. The fourth-order valence-corrected chi connectivity index (χ4v) is 1.16. The SMILES string of the molecule is [CH2]c1c[nH]c(P(=O)(O)O)c1. The fourth-order valence-electron chi connectivity index (χ4n) is 0.594. The molecule has 0 aliphatic rings. The van der Waals surface area contributed by atoms with Crippen molar-refractivity contribution < 1.29 is 14.4 Å². The van der Waals surface area contributed by atoms with Gasteiger partial charge < -0.3 is 14.8 Å². The zero-order chi connectivity index (χ0) is 7.78. The summed E-state index contributed by atoms with van der Waals surface area (Å²) < 4.78 is 10.5. The quantitative estimate of drug-likeness (QED) is 0.506. The Hall–Kier alpha value is -0.570. The van der Waals surface area contributed by atoms with Gasteiger partial charge in [-0.1, -0.05) is 0 Å². The van der Waals surface area contributed by atoms with Crippen LogP contribution in [0, 0.1) is 6.92 Å². The molecule has 0 bridgehead atoms. The Bertz CT molecular complexity index is 274. The van der Waals surface area contributed by atoms with Crippen molar-refractivity contribution in [2.75, 3.05) is 0 Å². The minimum Gasteiger partial charge on any atom is -0.355 e. The summed E-state index contributed by atoms with van der Waals surface area (Å²) in [6, 6.07) is 1.32. The average Bonchev–Trinajstić information content (AvgIpc) is 2.11. The highest BCUT2D eigenvalue weighted by molar-refractivity contribution is 7.60. The highest BCUT2D eigenvalue weighted by Crippen LogP contribution is 2.32. The molecule has 1 heterocycles. The molecule has 0 amide bonds. The molecule has 0 aliphatic carbocycles. The molecule has 1 aromatic rings. The van der Waals surface area contributed by atoms with E-state index in [9.17, 15) is 4.57 Å². The van der Waals surface area contributed by atoms with Crippen molar-refractivity contribution in [2.45, 2.75) is 0 Å². The van der Waals surface area contributed by atoms with Crippen LogP contribution in [0.3, 0.4) is 0 Å². The second-order valence-electron chi connectivity index (χ2n) is 1.94. The van der Waals surface area contributed by atoms with E-state index in [-0.39, 0.29) is 5.44 Å². The first-order chi connectivity index (χ1) is 4.50. The van der Waals surface area contributed by atoms with Crippen molar-refractivity contribution in [3.05, 3.63) is 24.8 Å². The summed E-state index contributed by atoms with van der Waals surface area (Å²) in [6.45, 7) is 3.48. The molecule has 0 saturated heterocycles. The Kier molecular flexibility index (Phi) is 1.68. The van der Waals surface area contributed by atoms with Gasteiger partial charge in [-0.05, 0) is 18.6 Å². The Morgan fingerprint density at radius 1 is 1.60 bits per heavy atom. The van der Waals surface area contributed by atoms with E-state index in [1.807, 2.05) is 0 Å². The summed E-state index contributed by atoms with van der Waals surface area (Å²) in [4.78, 5) is 19.5. The van der Waals surface area contributed by atoms with Gasteiger partial charge in [0.05, 0.1) is 0 Å². The van der Waals surface area contributed by atoms with Crippen LogP contribution in [-0.2, 0) is 4.57 Å². The fraction of sp³-hybridized carbons (Fsp3) is 0. The molecule has 0 fully saturated rings. The van der Waals surface area contributed by atoms with Gasteiger partial charge in [0.2, 0.25) is 0 Å². The first-order valence-corrected chi connectivity index (χ1v) is 4.18. The third-order valence-electron chi connectivity index (χ3n) is 1.04. The lowest BCUT2D eigenvalue weighted by Gasteiger charge is -1.96. The van der Waals surface area contributed by atoms with E-state index >= 15 is 0 Å². The van der Waals surface area contributed by atoms with Crippen LogP contribution in [0.15, 0.2) is 12.3 Å². The standard InChI is InChI=1S/C5H7NO3P/c1-4-2-5(6-3-4)10(7,8)9/h2-3,6H,1H2,(H2,7,8,9). The van der Waals surface area contributed by atoms with Gasteiger partial charge in [0.15, 0.2) is 0 Å². The highest BCUT2D eigenvalue weighted by atomic mass is 31.2. The number of H-pyrrole nitrogens is 1. The molecule has 0 atom stereocenters. The van der Waals surface area contributed by atoms with E-state index in [0.717, 1.165) is 0 Å². The topological polar surface area (TPSA) is 73.3 Å². The number of hydrogen-bond donors (Lipinski definition) is 3. The molecule has 0 aromatic carbocycles. The number of aromatic amines is 1. The zero-order valence-electron chi connectivity index (χ0n) is 5.11. The van der Waals surface area contributed by atoms with Gasteiger partial charge in [-0.3, -0.25) is 4.57 Å². The first-order valence-electron chi connectivity index (χ1n) is 2.56. The van der Waals surface area contributed by atoms with Gasteiger partial charge in [-0.2, -0.15) is 0 Å². The lowest BCUT2D eigenvalue weighted by atomic mass is 10.4. The van der Waals surface area contributed by atoms with Crippen LogP contribution in [0.1, 0.15) is 5.56 Å². The lowest BCUT2D eigenvalue weighted by Crippen LogP contribution is -2.02. The van der Waals surface area contributed by atoms with Crippen molar-refractivity contribution in [3.8, 4) is 0 Å². The van der Waals surface area contributed by atoms with Crippen molar-refractivity contribution in [1.82, 2.24) is 4.98 Å². The van der Waals surface area contributed by atoms with E-state index in [1.165, 1.54) is 12.3 Å². The molecular weight excluding hydrogens is 153 g/mol. The predicted octanol–water partition coefficient (Wildman–Crippen LogP) is -0.000110. The Balaban J connectivity index is 3.08. The van der Waals surface area contributed by atoms with Gasteiger partial charge in [-0.25, -0.2) is 0 Å². The first kappa shape index (κ1) is 7.54. The number of nitrogens with one attached hydrogen (secondary N) is 1. The maximum absolute atomic E-state index is 10.5. The predicted molar refractivity (Wildman–Crippen MR) is 36.9 cm³/mol. The second kappa shape index (κ2) is 2.23. The summed E-state index contributed by atoms with van der Waals surface area (Å²) in [7, 11) is -4.09.